The fourth-order valence-electron chi connectivity index (χ4n) is 2.41. The number of halogens is 1. The Balaban J connectivity index is 1.87. The van der Waals surface area contributed by atoms with Gasteiger partial charge in [-0.1, -0.05) is 46.3 Å². The molecule has 0 fully saturated rings. The number of aromatic carboxylic acids is 1. The molecule has 0 aromatic heterocycles. The van der Waals surface area contributed by atoms with Gasteiger partial charge in [0.15, 0.2) is 0 Å². The number of hydrogen-bond acceptors (Lipinski definition) is 3. The van der Waals surface area contributed by atoms with Gasteiger partial charge in [-0.3, -0.25) is 0 Å². The molecule has 0 bridgehead atoms. The van der Waals surface area contributed by atoms with E-state index in [1.807, 2.05) is 30.3 Å². The maximum atomic E-state index is 11.0. The van der Waals surface area contributed by atoms with Crippen LogP contribution in [0.2, 0.25) is 0 Å². The third-order valence-corrected chi connectivity index (χ3v) is 4.43. The summed E-state index contributed by atoms with van der Waals surface area (Å²) in [5.41, 5.74) is 2.37. The van der Waals surface area contributed by atoms with Gasteiger partial charge in [-0.2, -0.15) is 0 Å². The fraction of sp³-hybridized carbons (Fsp3) is 0.278. The molecule has 0 aliphatic carbocycles. The molecule has 23 heavy (non-hydrogen) atoms. The maximum absolute atomic E-state index is 11.0. The maximum Gasteiger partial charge on any atom is 0.335 e. The zero-order valence-electron chi connectivity index (χ0n) is 12.7. The molecule has 3 N–H and O–H groups in total. The molecular formula is C18H20BrNO3. The van der Waals surface area contributed by atoms with Crippen molar-refractivity contribution in [1.29, 1.82) is 0 Å². The summed E-state index contributed by atoms with van der Waals surface area (Å²) >= 11 is 3.52. The first-order chi connectivity index (χ1) is 11.1. The van der Waals surface area contributed by atoms with Crippen LogP contribution in [0, 0.1) is 5.92 Å². The molecule has 0 saturated carbocycles. The summed E-state index contributed by atoms with van der Waals surface area (Å²) < 4.78 is 1.05. The van der Waals surface area contributed by atoms with E-state index in [2.05, 4.69) is 21.2 Å². The molecule has 0 heterocycles. The molecule has 5 heteroatoms. The fourth-order valence-corrected chi connectivity index (χ4v) is 2.86. The third kappa shape index (κ3) is 5.46. The summed E-state index contributed by atoms with van der Waals surface area (Å²) in [5, 5.41) is 21.8. The van der Waals surface area contributed by atoms with Gasteiger partial charge < -0.3 is 15.5 Å². The monoisotopic (exact) mass is 377 g/mol. The summed E-state index contributed by atoms with van der Waals surface area (Å²) in [7, 11) is 0. The average molecular weight is 378 g/mol. The van der Waals surface area contributed by atoms with Gasteiger partial charge in [0.05, 0.1) is 5.56 Å². The van der Waals surface area contributed by atoms with Crippen molar-refractivity contribution >= 4 is 21.9 Å². The van der Waals surface area contributed by atoms with Gasteiger partial charge in [-0.25, -0.2) is 4.79 Å². The lowest BCUT2D eigenvalue weighted by Gasteiger charge is -2.16. The zero-order chi connectivity index (χ0) is 16.7. The number of benzene rings is 2. The van der Waals surface area contributed by atoms with E-state index < -0.39 is 5.97 Å². The van der Waals surface area contributed by atoms with E-state index in [4.69, 9.17) is 5.11 Å². The number of carboxylic acids is 1. The molecule has 2 rings (SSSR count). The minimum Gasteiger partial charge on any atom is -0.478 e. The first-order valence-electron chi connectivity index (χ1n) is 7.47. The van der Waals surface area contributed by atoms with Crippen LogP contribution in [0.1, 0.15) is 21.5 Å². The van der Waals surface area contributed by atoms with E-state index in [0.717, 1.165) is 16.5 Å². The SMILES string of the molecule is O=C(O)c1cccc(CNCC(CO)Cc2ccccc2Br)c1. The molecule has 0 radical (unpaired) electrons. The Morgan fingerprint density at radius 3 is 2.65 bits per heavy atom. The van der Waals surface area contributed by atoms with Crippen molar-refractivity contribution < 1.29 is 15.0 Å². The van der Waals surface area contributed by atoms with Crippen LogP contribution in [0.4, 0.5) is 0 Å². The van der Waals surface area contributed by atoms with E-state index in [-0.39, 0.29) is 18.1 Å². The van der Waals surface area contributed by atoms with Crippen LogP contribution in [0.25, 0.3) is 0 Å². The van der Waals surface area contributed by atoms with Crippen LogP contribution in [0.5, 0.6) is 0 Å². The number of carboxylic acid groups (broad SMARTS) is 1. The van der Waals surface area contributed by atoms with Crippen molar-refractivity contribution in [2.75, 3.05) is 13.2 Å². The second kappa shape index (κ2) is 8.82. The highest BCUT2D eigenvalue weighted by Crippen LogP contribution is 2.19. The Morgan fingerprint density at radius 2 is 1.96 bits per heavy atom. The molecule has 2 aromatic carbocycles. The number of rotatable bonds is 8. The zero-order valence-corrected chi connectivity index (χ0v) is 14.3. The van der Waals surface area contributed by atoms with Gasteiger partial charge in [0.1, 0.15) is 0 Å². The van der Waals surface area contributed by atoms with Crippen molar-refractivity contribution in [3.05, 3.63) is 69.7 Å². The first kappa shape index (κ1) is 17.7. The highest BCUT2D eigenvalue weighted by Gasteiger charge is 2.10. The minimum atomic E-state index is -0.922. The van der Waals surface area contributed by atoms with Crippen molar-refractivity contribution in [2.24, 2.45) is 5.92 Å². The van der Waals surface area contributed by atoms with E-state index in [0.29, 0.717) is 13.1 Å². The lowest BCUT2D eigenvalue weighted by Crippen LogP contribution is -2.26. The Morgan fingerprint density at radius 1 is 1.17 bits per heavy atom. The molecule has 2 aromatic rings. The molecule has 122 valence electrons. The van der Waals surface area contributed by atoms with Crippen molar-refractivity contribution in [3.8, 4) is 0 Å². The van der Waals surface area contributed by atoms with Gasteiger partial charge in [0, 0.05) is 24.2 Å². The lowest BCUT2D eigenvalue weighted by atomic mass is 10.00. The molecule has 1 unspecified atom stereocenters. The van der Waals surface area contributed by atoms with Crippen molar-refractivity contribution in [3.63, 3.8) is 0 Å². The molecule has 0 amide bonds. The van der Waals surface area contributed by atoms with E-state index in [9.17, 15) is 9.90 Å². The molecule has 4 nitrogen and oxygen atoms in total. The first-order valence-corrected chi connectivity index (χ1v) is 8.26. The summed E-state index contributed by atoms with van der Waals surface area (Å²) in [4.78, 5) is 11.0. The smallest absolute Gasteiger partial charge is 0.335 e. The van der Waals surface area contributed by atoms with Crippen LogP contribution in [-0.4, -0.2) is 29.3 Å². The average Bonchev–Trinajstić information content (AvgIpc) is 2.56. The summed E-state index contributed by atoms with van der Waals surface area (Å²) in [6.45, 7) is 1.34. The number of aliphatic hydroxyl groups is 1. The predicted molar refractivity (Wildman–Crippen MR) is 93.5 cm³/mol. The Labute approximate surface area is 144 Å². The van der Waals surface area contributed by atoms with Gasteiger partial charge in [-0.15, -0.1) is 0 Å². The van der Waals surface area contributed by atoms with Crippen molar-refractivity contribution in [2.45, 2.75) is 13.0 Å². The molecule has 1 atom stereocenters. The second-order valence-electron chi connectivity index (χ2n) is 5.48. The standard InChI is InChI=1S/C18H20BrNO3/c19-17-7-2-1-5-15(17)9-14(12-21)11-20-10-13-4-3-6-16(8-13)18(22)23/h1-8,14,20-21H,9-12H2,(H,22,23). The Hall–Kier alpha value is -1.69. The minimum absolute atomic E-state index is 0.101. The van der Waals surface area contributed by atoms with Gasteiger partial charge >= 0.3 is 5.97 Å². The summed E-state index contributed by atoms with van der Waals surface area (Å²) in [6.07, 6.45) is 0.778. The van der Waals surface area contributed by atoms with Crippen LogP contribution in [0.3, 0.4) is 0 Å². The largest absolute Gasteiger partial charge is 0.478 e. The van der Waals surface area contributed by atoms with E-state index in [1.54, 1.807) is 18.2 Å². The normalized spacial score (nSPS) is 12.1. The van der Waals surface area contributed by atoms with Gasteiger partial charge in [0.25, 0.3) is 0 Å². The third-order valence-electron chi connectivity index (χ3n) is 3.66. The highest BCUT2D eigenvalue weighted by atomic mass is 79.9. The topological polar surface area (TPSA) is 69.6 Å². The summed E-state index contributed by atoms with van der Waals surface area (Å²) in [5.74, 6) is -0.814. The number of carbonyl (C=O) groups is 1. The molecule has 0 aliphatic rings. The second-order valence-corrected chi connectivity index (χ2v) is 6.33. The molecule has 0 spiro atoms. The quantitative estimate of drug-likeness (QED) is 0.660. The summed E-state index contributed by atoms with van der Waals surface area (Å²) in [6, 6.07) is 14.9. The predicted octanol–water partition coefficient (Wildman–Crippen LogP) is 3.09. The van der Waals surface area contributed by atoms with Crippen LogP contribution < -0.4 is 5.32 Å². The lowest BCUT2D eigenvalue weighted by molar-refractivity contribution is 0.0696. The van der Waals surface area contributed by atoms with Crippen molar-refractivity contribution in [1.82, 2.24) is 5.32 Å². The number of nitrogens with one attached hydrogen (secondary N) is 1. The Bertz CT molecular complexity index is 660. The molecule has 0 aliphatic heterocycles. The van der Waals surface area contributed by atoms with Gasteiger partial charge in [-0.05, 0) is 41.7 Å². The van der Waals surface area contributed by atoms with Crippen LogP contribution in [0.15, 0.2) is 53.0 Å². The molecule has 0 saturated heterocycles. The van der Waals surface area contributed by atoms with E-state index in [1.165, 1.54) is 5.56 Å². The number of hydrogen-bond donors (Lipinski definition) is 3. The van der Waals surface area contributed by atoms with Crippen LogP contribution in [-0.2, 0) is 13.0 Å². The molecular weight excluding hydrogens is 358 g/mol. The Kier molecular flexibility index (Phi) is 6.77. The van der Waals surface area contributed by atoms with Gasteiger partial charge in [0.2, 0.25) is 0 Å². The number of aliphatic hydroxyl groups excluding tert-OH is 1. The van der Waals surface area contributed by atoms with E-state index >= 15 is 0 Å². The van der Waals surface area contributed by atoms with Crippen LogP contribution >= 0.6 is 15.9 Å². The highest BCUT2D eigenvalue weighted by molar-refractivity contribution is 9.10.